The quantitative estimate of drug-likeness (QED) is 0.866. The molecule has 0 aromatic heterocycles. The van der Waals surface area contributed by atoms with E-state index >= 15 is 0 Å². The van der Waals surface area contributed by atoms with E-state index in [1.165, 1.54) is 0 Å². The fourth-order valence-corrected chi connectivity index (χ4v) is 2.32. The number of ether oxygens (including phenoxy) is 1. The third-order valence-corrected chi connectivity index (χ3v) is 3.65. The Labute approximate surface area is 124 Å². The summed E-state index contributed by atoms with van der Waals surface area (Å²) in [5.41, 5.74) is 5.90. The van der Waals surface area contributed by atoms with Crippen molar-refractivity contribution in [3.05, 3.63) is 41.4 Å². The lowest BCUT2D eigenvalue weighted by Gasteiger charge is -2.32. The highest BCUT2D eigenvalue weighted by Crippen LogP contribution is 2.21. The van der Waals surface area contributed by atoms with Gasteiger partial charge in [-0.05, 0) is 24.3 Å². The van der Waals surface area contributed by atoms with Gasteiger partial charge >= 0.3 is 0 Å². The van der Waals surface area contributed by atoms with Crippen LogP contribution in [-0.2, 0) is 4.79 Å². The van der Waals surface area contributed by atoms with Crippen LogP contribution in [-0.4, -0.2) is 36.5 Å². The van der Waals surface area contributed by atoms with Crippen molar-refractivity contribution in [1.82, 2.24) is 4.90 Å². The van der Waals surface area contributed by atoms with Crippen LogP contribution in [0.5, 0.6) is 5.75 Å². The predicted octanol–water partition coefficient (Wildman–Crippen LogP) is 2.22. The van der Waals surface area contributed by atoms with Crippen molar-refractivity contribution < 1.29 is 9.53 Å². The van der Waals surface area contributed by atoms with Gasteiger partial charge in [0.2, 0.25) is 5.91 Å². The Morgan fingerprint density at radius 1 is 1.35 bits per heavy atom. The zero-order chi connectivity index (χ0) is 14.5. The third-order valence-electron chi connectivity index (χ3n) is 3.39. The van der Waals surface area contributed by atoms with Gasteiger partial charge in [-0.3, -0.25) is 4.79 Å². The number of carbonyl (C=O) groups excluding carboxylic acids is 1. The molecule has 20 heavy (non-hydrogen) atoms. The van der Waals surface area contributed by atoms with E-state index in [-0.39, 0.29) is 18.6 Å². The Balaban J connectivity index is 1.84. The molecule has 1 aliphatic heterocycles. The van der Waals surface area contributed by atoms with Crippen LogP contribution >= 0.6 is 11.6 Å². The van der Waals surface area contributed by atoms with Crippen molar-refractivity contribution in [2.24, 2.45) is 5.73 Å². The highest BCUT2D eigenvalue weighted by Gasteiger charge is 2.24. The second-order valence-corrected chi connectivity index (χ2v) is 5.31. The van der Waals surface area contributed by atoms with E-state index < -0.39 is 0 Å². The van der Waals surface area contributed by atoms with E-state index in [2.05, 4.69) is 6.58 Å². The molecule has 1 amide bonds. The molecule has 0 atom stereocenters. The molecule has 1 aromatic rings. The molecule has 5 heteroatoms. The van der Waals surface area contributed by atoms with Gasteiger partial charge in [0.25, 0.3) is 0 Å². The first-order valence-corrected chi connectivity index (χ1v) is 7.07. The molecule has 0 aliphatic carbocycles. The van der Waals surface area contributed by atoms with E-state index in [1.807, 2.05) is 12.1 Å². The van der Waals surface area contributed by atoms with Crippen LogP contribution in [0.3, 0.4) is 0 Å². The summed E-state index contributed by atoms with van der Waals surface area (Å²) in [6.45, 7) is 5.25. The van der Waals surface area contributed by atoms with Crippen molar-refractivity contribution in [3.63, 3.8) is 0 Å². The summed E-state index contributed by atoms with van der Waals surface area (Å²) in [7, 11) is 0. The van der Waals surface area contributed by atoms with E-state index in [0.29, 0.717) is 23.7 Å². The molecule has 2 N–H and O–H groups in total. The molecule has 2 rings (SSSR count). The number of benzene rings is 1. The van der Waals surface area contributed by atoms with Crippen LogP contribution in [0, 0.1) is 0 Å². The number of rotatable bonds is 4. The smallest absolute Gasteiger partial charge is 0.250 e. The molecule has 0 saturated carbocycles. The molecule has 1 saturated heterocycles. The molecule has 0 spiro atoms. The van der Waals surface area contributed by atoms with Crippen LogP contribution in [0.4, 0.5) is 0 Å². The molecule has 1 heterocycles. The summed E-state index contributed by atoms with van der Waals surface area (Å²) < 4.78 is 5.88. The van der Waals surface area contributed by atoms with Gasteiger partial charge < -0.3 is 15.4 Å². The van der Waals surface area contributed by atoms with Crippen molar-refractivity contribution in [2.75, 3.05) is 19.6 Å². The van der Waals surface area contributed by atoms with Crippen molar-refractivity contribution in [1.29, 1.82) is 0 Å². The highest BCUT2D eigenvalue weighted by atomic mass is 35.5. The maximum atomic E-state index is 11.9. The Morgan fingerprint density at radius 3 is 2.50 bits per heavy atom. The normalized spacial score (nSPS) is 16.0. The standard InChI is InChI=1S/C15H19ClN2O2/c1-11(10-17)15(19)18-8-6-14(7-9-18)20-13-4-2-12(16)3-5-13/h2-5,14H,1,6-10,17H2. The van der Waals surface area contributed by atoms with Crippen molar-refractivity contribution in [3.8, 4) is 5.75 Å². The van der Waals surface area contributed by atoms with Gasteiger partial charge in [-0.25, -0.2) is 0 Å². The maximum absolute atomic E-state index is 11.9. The SMILES string of the molecule is C=C(CN)C(=O)N1CCC(Oc2ccc(Cl)cc2)CC1. The van der Waals surface area contributed by atoms with Crippen LogP contribution in [0.2, 0.25) is 5.02 Å². The highest BCUT2D eigenvalue weighted by molar-refractivity contribution is 6.30. The number of nitrogens with zero attached hydrogens (tertiary/aromatic N) is 1. The monoisotopic (exact) mass is 294 g/mol. The van der Waals surface area contributed by atoms with E-state index in [4.69, 9.17) is 22.1 Å². The average Bonchev–Trinajstić information content (AvgIpc) is 2.49. The lowest BCUT2D eigenvalue weighted by atomic mass is 10.1. The van der Waals surface area contributed by atoms with Gasteiger partial charge in [0, 0.05) is 43.1 Å². The topological polar surface area (TPSA) is 55.6 Å². The first-order chi connectivity index (χ1) is 9.60. The predicted molar refractivity (Wildman–Crippen MR) is 79.9 cm³/mol. The molecule has 0 radical (unpaired) electrons. The second kappa shape index (κ2) is 6.77. The lowest BCUT2D eigenvalue weighted by molar-refractivity contribution is -0.128. The van der Waals surface area contributed by atoms with Crippen LogP contribution in [0.25, 0.3) is 0 Å². The molecule has 1 aromatic carbocycles. The summed E-state index contributed by atoms with van der Waals surface area (Å²) in [6, 6.07) is 7.33. The molecule has 0 bridgehead atoms. The third kappa shape index (κ3) is 3.74. The zero-order valence-corrected chi connectivity index (χ0v) is 12.1. The number of carbonyl (C=O) groups is 1. The van der Waals surface area contributed by atoms with Gasteiger partial charge in [0.05, 0.1) is 0 Å². The maximum Gasteiger partial charge on any atom is 0.250 e. The van der Waals surface area contributed by atoms with Crippen LogP contribution < -0.4 is 10.5 Å². The van der Waals surface area contributed by atoms with E-state index in [0.717, 1.165) is 18.6 Å². The zero-order valence-electron chi connectivity index (χ0n) is 11.3. The summed E-state index contributed by atoms with van der Waals surface area (Å²) >= 11 is 5.83. The molecular weight excluding hydrogens is 276 g/mol. The van der Waals surface area contributed by atoms with Gasteiger partial charge in [0.15, 0.2) is 0 Å². The Bertz CT molecular complexity index is 479. The average molecular weight is 295 g/mol. The Morgan fingerprint density at radius 2 is 1.95 bits per heavy atom. The molecular formula is C15H19ClN2O2. The summed E-state index contributed by atoms with van der Waals surface area (Å²) in [6.07, 6.45) is 1.75. The van der Waals surface area contributed by atoms with Crippen molar-refractivity contribution in [2.45, 2.75) is 18.9 Å². The van der Waals surface area contributed by atoms with Crippen LogP contribution in [0.1, 0.15) is 12.8 Å². The van der Waals surface area contributed by atoms with Gasteiger partial charge in [-0.15, -0.1) is 0 Å². The summed E-state index contributed by atoms with van der Waals surface area (Å²) in [4.78, 5) is 13.7. The minimum Gasteiger partial charge on any atom is -0.490 e. The lowest BCUT2D eigenvalue weighted by Crippen LogP contribution is -2.43. The minimum atomic E-state index is -0.0440. The molecule has 0 unspecified atom stereocenters. The Hall–Kier alpha value is -1.52. The fraction of sp³-hybridized carbons (Fsp3) is 0.400. The van der Waals surface area contributed by atoms with Gasteiger partial charge in [-0.2, -0.15) is 0 Å². The number of hydrogen-bond donors (Lipinski definition) is 1. The molecule has 1 aliphatic rings. The van der Waals surface area contributed by atoms with Crippen LogP contribution in [0.15, 0.2) is 36.4 Å². The first kappa shape index (κ1) is 14.9. The minimum absolute atomic E-state index is 0.0440. The van der Waals surface area contributed by atoms with Crippen molar-refractivity contribution >= 4 is 17.5 Å². The summed E-state index contributed by atoms with van der Waals surface area (Å²) in [5, 5.41) is 0.693. The number of likely N-dealkylation sites (tertiary alicyclic amines) is 1. The number of hydrogen-bond acceptors (Lipinski definition) is 3. The number of halogens is 1. The molecule has 4 nitrogen and oxygen atoms in total. The van der Waals surface area contributed by atoms with E-state index in [1.54, 1.807) is 17.0 Å². The second-order valence-electron chi connectivity index (χ2n) is 4.87. The number of nitrogens with two attached hydrogens (primary N) is 1. The van der Waals surface area contributed by atoms with E-state index in [9.17, 15) is 4.79 Å². The number of piperidine rings is 1. The number of amides is 1. The van der Waals surface area contributed by atoms with Gasteiger partial charge in [-0.1, -0.05) is 18.2 Å². The fourth-order valence-electron chi connectivity index (χ4n) is 2.19. The van der Waals surface area contributed by atoms with Gasteiger partial charge in [0.1, 0.15) is 11.9 Å². The Kier molecular flexibility index (Phi) is 5.04. The largest absolute Gasteiger partial charge is 0.490 e. The first-order valence-electron chi connectivity index (χ1n) is 6.69. The molecule has 1 fully saturated rings. The molecule has 108 valence electrons. The summed E-state index contributed by atoms with van der Waals surface area (Å²) in [5.74, 6) is 0.767.